The molecule has 3 nitrogen and oxygen atoms in total. The summed E-state index contributed by atoms with van der Waals surface area (Å²) in [6.07, 6.45) is 0.724. The Morgan fingerprint density at radius 2 is 1.76 bits per heavy atom. The maximum atomic E-state index is 12.4. The standard InChI is InChI=1S/C18H27NO2/c1-17(2,3)14-11-12-19(16(20)21-18(4,5)6)15-10-8-7-9-13(14)15/h7-10,14H,11-12H2,1-6H3. The van der Waals surface area contributed by atoms with Crippen LogP contribution in [0.5, 0.6) is 0 Å². The third-order valence-electron chi connectivity index (χ3n) is 3.90. The highest BCUT2D eigenvalue weighted by atomic mass is 16.6. The zero-order chi connectivity index (χ0) is 15.8. The number of carbonyl (C=O) groups is 1. The molecule has 1 unspecified atom stereocenters. The highest BCUT2D eigenvalue weighted by Crippen LogP contribution is 2.45. The lowest BCUT2D eigenvalue weighted by Crippen LogP contribution is -2.42. The van der Waals surface area contributed by atoms with Gasteiger partial charge in [-0.25, -0.2) is 4.79 Å². The first-order valence-electron chi connectivity index (χ1n) is 7.69. The molecule has 1 aromatic rings. The molecule has 2 rings (SSSR count). The molecule has 1 aliphatic rings. The normalized spacial score (nSPS) is 19.1. The fourth-order valence-electron chi connectivity index (χ4n) is 2.97. The van der Waals surface area contributed by atoms with Crippen LogP contribution in [0.2, 0.25) is 0 Å². The van der Waals surface area contributed by atoms with Crippen molar-refractivity contribution in [3.8, 4) is 0 Å². The number of hydrogen-bond donors (Lipinski definition) is 0. The number of hydrogen-bond acceptors (Lipinski definition) is 2. The van der Waals surface area contributed by atoms with Crippen LogP contribution in [0.25, 0.3) is 0 Å². The molecule has 1 atom stereocenters. The number of benzene rings is 1. The fourth-order valence-corrected chi connectivity index (χ4v) is 2.97. The van der Waals surface area contributed by atoms with Gasteiger partial charge in [0.25, 0.3) is 0 Å². The Kier molecular flexibility index (Phi) is 4.05. The molecule has 0 saturated heterocycles. The van der Waals surface area contributed by atoms with Crippen LogP contribution in [0, 0.1) is 5.41 Å². The first-order valence-corrected chi connectivity index (χ1v) is 7.69. The molecule has 1 aliphatic heterocycles. The van der Waals surface area contributed by atoms with Crippen molar-refractivity contribution in [2.24, 2.45) is 5.41 Å². The molecule has 0 aliphatic carbocycles. The Labute approximate surface area is 128 Å². The highest BCUT2D eigenvalue weighted by molar-refractivity contribution is 5.89. The monoisotopic (exact) mass is 289 g/mol. The van der Waals surface area contributed by atoms with Crippen LogP contribution in [0.15, 0.2) is 24.3 Å². The Bertz CT molecular complexity index is 523. The second-order valence-electron chi connectivity index (χ2n) is 7.90. The Hall–Kier alpha value is -1.51. The van der Waals surface area contributed by atoms with E-state index in [1.807, 2.05) is 32.9 Å². The van der Waals surface area contributed by atoms with E-state index in [0.29, 0.717) is 12.5 Å². The predicted octanol–water partition coefficient (Wildman–Crippen LogP) is 4.96. The molecule has 1 aromatic carbocycles. The van der Waals surface area contributed by atoms with Crippen LogP contribution in [0.3, 0.4) is 0 Å². The second kappa shape index (κ2) is 5.36. The van der Waals surface area contributed by atoms with Crippen molar-refractivity contribution in [1.82, 2.24) is 0 Å². The number of ether oxygens (including phenoxy) is 1. The van der Waals surface area contributed by atoms with Crippen molar-refractivity contribution in [3.63, 3.8) is 0 Å². The van der Waals surface area contributed by atoms with Crippen LogP contribution < -0.4 is 4.90 Å². The van der Waals surface area contributed by atoms with E-state index in [0.717, 1.165) is 12.1 Å². The van der Waals surface area contributed by atoms with E-state index < -0.39 is 5.60 Å². The molecule has 21 heavy (non-hydrogen) atoms. The molecule has 0 N–H and O–H groups in total. The molecule has 0 fully saturated rings. The van der Waals surface area contributed by atoms with Crippen LogP contribution in [0.1, 0.15) is 59.4 Å². The lowest BCUT2D eigenvalue weighted by Gasteiger charge is -2.40. The van der Waals surface area contributed by atoms with E-state index in [2.05, 4.69) is 32.9 Å². The number of carbonyl (C=O) groups excluding carboxylic acids is 1. The summed E-state index contributed by atoms with van der Waals surface area (Å²) in [6, 6.07) is 8.20. The second-order valence-corrected chi connectivity index (χ2v) is 7.90. The van der Waals surface area contributed by atoms with Gasteiger partial charge in [0.2, 0.25) is 0 Å². The topological polar surface area (TPSA) is 29.5 Å². The molecule has 0 radical (unpaired) electrons. The first kappa shape index (κ1) is 15.9. The van der Waals surface area contributed by atoms with Crippen molar-refractivity contribution in [2.45, 2.75) is 59.5 Å². The lowest BCUT2D eigenvalue weighted by atomic mass is 9.72. The molecule has 1 amide bonds. The third-order valence-corrected chi connectivity index (χ3v) is 3.90. The van der Waals surface area contributed by atoms with E-state index in [-0.39, 0.29) is 11.5 Å². The number of nitrogens with zero attached hydrogens (tertiary/aromatic N) is 1. The predicted molar refractivity (Wildman–Crippen MR) is 86.8 cm³/mol. The Morgan fingerprint density at radius 1 is 1.14 bits per heavy atom. The number of fused-ring (bicyclic) bond motifs is 1. The Morgan fingerprint density at radius 3 is 2.33 bits per heavy atom. The minimum absolute atomic E-state index is 0.191. The molecule has 0 spiro atoms. The fraction of sp³-hybridized carbons (Fsp3) is 0.611. The van der Waals surface area contributed by atoms with Crippen molar-refractivity contribution in [1.29, 1.82) is 0 Å². The number of para-hydroxylation sites is 1. The van der Waals surface area contributed by atoms with E-state index in [1.165, 1.54) is 5.56 Å². The van der Waals surface area contributed by atoms with Gasteiger partial charge in [-0.15, -0.1) is 0 Å². The molecular weight excluding hydrogens is 262 g/mol. The van der Waals surface area contributed by atoms with Gasteiger partial charge in [-0.1, -0.05) is 39.0 Å². The minimum Gasteiger partial charge on any atom is -0.443 e. The maximum Gasteiger partial charge on any atom is 0.414 e. The Balaban J connectivity index is 2.34. The van der Waals surface area contributed by atoms with Crippen molar-refractivity contribution in [3.05, 3.63) is 29.8 Å². The average Bonchev–Trinajstić information content (AvgIpc) is 2.34. The maximum absolute atomic E-state index is 12.4. The summed E-state index contributed by atoms with van der Waals surface area (Å²) in [6.45, 7) is 13.2. The summed E-state index contributed by atoms with van der Waals surface area (Å²) in [4.78, 5) is 14.2. The van der Waals surface area contributed by atoms with Gasteiger partial charge in [-0.3, -0.25) is 4.90 Å². The molecule has 0 saturated carbocycles. The zero-order valence-corrected chi connectivity index (χ0v) is 14.1. The molecule has 0 aromatic heterocycles. The third kappa shape index (κ3) is 3.58. The van der Waals surface area contributed by atoms with E-state index in [9.17, 15) is 4.79 Å². The van der Waals surface area contributed by atoms with Crippen molar-refractivity contribution in [2.75, 3.05) is 11.4 Å². The smallest absolute Gasteiger partial charge is 0.414 e. The minimum atomic E-state index is -0.465. The summed E-state index contributed by atoms with van der Waals surface area (Å²) < 4.78 is 5.54. The summed E-state index contributed by atoms with van der Waals surface area (Å²) in [5.74, 6) is 0.465. The summed E-state index contributed by atoms with van der Waals surface area (Å²) >= 11 is 0. The summed E-state index contributed by atoms with van der Waals surface area (Å²) in [5, 5.41) is 0. The van der Waals surface area contributed by atoms with Gasteiger partial charge in [-0.2, -0.15) is 0 Å². The zero-order valence-electron chi connectivity index (χ0n) is 14.1. The van der Waals surface area contributed by atoms with Crippen LogP contribution in [-0.2, 0) is 4.74 Å². The van der Waals surface area contributed by atoms with E-state index in [1.54, 1.807) is 4.90 Å². The van der Waals surface area contributed by atoms with E-state index >= 15 is 0 Å². The van der Waals surface area contributed by atoms with Crippen LogP contribution in [-0.4, -0.2) is 18.2 Å². The van der Waals surface area contributed by atoms with Crippen LogP contribution >= 0.6 is 0 Å². The average molecular weight is 289 g/mol. The van der Waals surface area contributed by atoms with Gasteiger partial charge >= 0.3 is 6.09 Å². The van der Waals surface area contributed by atoms with E-state index in [4.69, 9.17) is 4.74 Å². The SMILES string of the molecule is CC(C)(C)OC(=O)N1CCC(C(C)(C)C)c2ccccc21. The quantitative estimate of drug-likeness (QED) is 0.675. The first-order chi connectivity index (χ1) is 9.59. The summed E-state index contributed by atoms with van der Waals surface area (Å²) in [5.41, 5.74) is 1.98. The molecule has 3 heteroatoms. The highest BCUT2D eigenvalue weighted by Gasteiger charge is 2.36. The molecule has 116 valence electrons. The van der Waals surface area contributed by atoms with Crippen molar-refractivity contribution < 1.29 is 9.53 Å². The number of anilines is 1. The van der Waals surface area contributed by atoms with Crippen LogP contribution in [0.4, 0.5) is 10.5 Å². The molecular formula is C18H27NO2. The number of amides is 1. The molecule has 1 heterocycles. The van der Waals surface area contributed by atoms with Gasteiger partial charge < -0.3 is 4.74 Å². The summed E-state index contributed by atoms with van der Waals surface area (Å²) in [7, 11) is 0. The van der Waals surface area contributed by atoms with Gasteiger partial charge in [-0.05, 0) is 50.2 Å². The van der Waals surface area contributed by atoms with Gasteiger partial charge in [0.05, 0.1) is 5.69 Å². The largest absolute Gasteiger partial charge is 0.443 e. The van der Waals surface area contributed by atoms with Gasteiger partial charge in [0.15, 0.2) is 0 Å². The molecule has 0 bridgehead atoms. The van der Waals surface area contributed by atoms with Gasteiger partial charge in [0, 0.05) is 6.54 Å². The van der Waals surface area contributed by atoms with Crippen molar-refractivity contribution >= 4 is 11.8 Å². The number of rotatable bonds is 0. The lowest BCUT2D eigenvalue weighted by molar-refractivity contribution is 0.0573. The van der Waals surface area contributed by atoms with Gasteiger partial charge in [0.1, 0.15) is 5.60 Å².